The monoisotopic (exact) mass is 1070 g/mol. The topological polar surface area (TPSA) is 118 Å². The van der Waals surface area contributed by atoms with Crippen molar-refractivity contribution in [2.24, 2.45) is 11.8 Å². The molecule has 0 aromatic heterocycles. The summed E-state index contributed by atoms with van der Waals surface area (Å²) in [6.07, 6.45) is 1.30. The number of benzene rings is 6. The molecule has 2 atom stereocenters. The fraction of sp³-hybridized carbons (Fsp3) is 0.355. The number of anilines is 2. The molecular weight excluding hydrogens is 1000 g/mol. The molecule has 4 saturated heterocycles. The second-order valence-corrected chi connectivity index (χ2v) is 21.0. The van der Waals surface area contributed by atoms with E-state index in [9.17, 15) is 27.2 Å². The van der Waals surface area contributed by atoms with Crippen molar-refractivity contribution >= 4 is 35.5 Å². The number of nitrogens with zero attached hydrogens (tertiary/aromatic N) is 4. The van der Waals surface area contributed by atoms with E-state index in [2.05, 4.69) is 9.80 Å². The molecule has 4 heterocycles. The minimum absolute atomic E-state index is 0.341. The first kappa shape index (κ1) is 53.8. The fourth-order valence-electron chi connectivity index (χ4n) is 11.8. The number of ether oxygens (including phenoxy) is 4. The average molecular weight is 1070 g/mol. The van der Waals surface area contributed by atoms with Gasteiger partial charge in [-0.1, -0.05) is 83.9 Å². The highest BCUT2D eigenvalue weighted by molar-refractivity contribution is 6.30. The molecule has 0 spiro atoms. The number of aryl methyl sites for hydroxylation is 2. The summed E-state index contributed by atoms with van der Waals surface area (Å²) in [6.45, 7) is 7.98. The molecule has 6 aromatic rings. The van der Waals surface area contributed by atoms with Crippen LogP contribution in [0.4, 0.5) is 38.5 Å². The van der Waals surface area contributed by atoms with Crippen molar-refractivity contribution in [3.05, 3.63) is 202 Å². The molecule has 4 aliphatic rings. The summed E-state index contributed by atoms with van der Waals surface area (Å²) in [5.41, 5.74) is 1.50. The third-order valence-electron chi connectivity index (χ3n) is 16.1. The number of cyclic esters (lactones) is 2. The second-order valence-electron chi connectivity index (χ2n) is 21.0. The molecule has 4 aliphatic heterocycles. The van der Waals surface area contributed by atoms with Crippen LogP contribution in [-0.2, 0) is 39.7 Å². The van der Waals surface area contributed by atoms with Crippen LogP contribution in [0.5, 0.6) is 0 Å². The molecule has 78 heavy (non-hydrogen) atoms. The van der Waals surface area contributed by atoms with E-state index in [0.29, 0.717) is 113 Å². The molecule has 406 valence electrons. The first-order chi connectivity index (χ1) is 37.7. The van der Waals surface area contributed by atoms with Gasteiger partial charge in [0.2, 0.25) is 0 Å². The number of rotatable bonds is 16. The van der Waals surface area contributed by atoms with E-state index >= 15 is 9.59 Å². The largest absolute Gasteiger partial charge is 0.444 e. The summed E-state index contributed by atoms with van der Waals surface area (Å²) < 4.78 is 84.0. The Kier molecular flexibility index (Phi) is 16.0. The van der Waals surface area contributed by atoms with E-state index in [1.54, 1.807) is 9.80 Å². The van der Waals surface area contributed by atoms with Gasteiger partial charge in [0.15, 0.2) is 11.2 Å². The van der Waals surface area contributed by atoms with Gasteiger partial charge in [0.05, 0.1) is 13.1 Å². The van der Waals surface area contributed by atoms with E-state index < -0.39 is 70.4 Å². The van der Waals surface area contributed by atoms with Gasteiger partial charge in [0, 0.05) is 58.6 Å². The third-order valence-corrected chi connectivity index (χ3v) is 16.1. The van der Waals surface area contributed by atoms with E-state index in [4.69, 9.17) is 18.9 Å². The summed E-state index contributed by atoms with van der Waals surface area (Å²) >= 11 is 0. The van der Waals surface area contributed by atoms with Crippen LogP contribution in [0.3, 0.4) is 0 Å². The van der Waals surface area contributed by atoms with Crippen LogP contribution in [0.2, 0.25) is 0 Å². The first-order valence-corrected chi connectivity index (χ1v) is 26.7. The van der Waals surface area contributed by atoms with Gasteiger partial charge in [0.25, 0.3) is 0 Å². The lowest BCUT2D eigenvalue weighted by Gasteiger charge is -2.46. The fourth-order valence-corrected chi connectivity index (χ4v) is 11.8. The summed E-state index contributed by atoms with van der Waals surface area (Å²) in [5, 5.41) is 0. The van der Waals surface area contributed by atoms with E-state index in [1.165, 1.54) is 97.1 Å². The van der Waals surface area contributed by atoms with Crippen LogP contribution in [0, 0.1) is 49.0 Å². The van der Waals surface area contributed by atoms with Gasteiger partial charge in [-0.05, 0) is 151 Å². The zero-order valence-electron chi connectivity index (χ0n) is 43.6. The first-order valence-electron chi connectivity index (χ1n) is 26.7. The number of hydrogen-bond donors (Lipinski definition) is 0. The van der Waals surface area contributed by atoms with Crippen molar-refractivity contribution in [1.29, 1.82) is 0 Å². The van der Waals surface area contributed by atoms with Gasteiger partial charge in [-0.25, -0.2) is 36.7 Å². The third kappa shape index (κ3) is 11.5. The van der Waals surface area contributed by atoms with Crippen LogP contribution in [0.1, 0.15) is 71.9 Å². The van der Waals surface area contributed by atoms with E-state index in [1.807, 2.05) is 62.4 Å². The number of piperidine rings is 2. The normalized spacial score (nSPS) is 18.9. The lowest BCUT2D eigenvalue weighted by molar-refractivity contribution is -0.191. The van der Waals surface area contributed by atoms with Crippen molar-refractivity contribution in [3.63, 3.8) is 0 Å². The predicted octanol–water partition coefficient (Wildman–Crippen LogP) is 11.4. The summed E-state index contributed by atoms with van der Waals surface area (Å²) in [7, 11) is 0. The molecule has 0 bridgehead atoms. The number of halogens is 4. The Hall–Kier alpha value is -7.56. The highest BCUT2D eigenvalue weighted by Gasteiger charge is 2.52. The Balaban J connectivity index is 0.898. The predicted molar refractivity (Wildman–Crippen MR) is 284 cm³/mol. The highest BCUT2D eigenvalue weighted by atomic mass is 19.1. The van der Waals surface area contributed by atoms with Crippen LogP contribution in [0.15, 0.2) is 146 Å². The van der Waals surface area contributed by atoms with Crippen LogP contribution >= 0.6 is 0 Å². The Morgan fingerprint density at radius 1 is 0.462 bits per heavy atom. The Labute approximate surface area is 451 Å². The maximum Gasteiger partial charge on any atom is 0.418 e. The maximum atomic E-state index is 15.0. The number of likely N-dealkylation sites (tertiary alicyclic amines) is 2. The van der Waals surface area contributed by atoms with Crippen molar-refractivity contribution in [2.45, 2.75) is 75.8 Å². The minimum Gasteiger partial charge on any atom is -0.444 e. The molecular formula is C62H62F4N4O8. The summed E-state index contributed by atoms with van der Waals surface area (Å²) in [5.74, 6) is -6.06. The molecule has 16 heteroatoms. The van der Waals surface area contributed by atoms with Crippen LogP contribution < -0.4 is 9.80 Å². The Morgan fingerprint density at radius 2 is 0.744 bits per heavy atom. The molecule has 0 saturated carbocycles. The summed E-state index contributed by atoms with van der Waals surface area (Å²) in [6, 6.07) is 37.1. The Morgan fingerprint density at radius 3 is 1.03 bits per heavy atom. The standard InChI is InChI=1S/C62H62F4N4O8/c1-41-3-23-53(24-4-41)69-39-55(75-59(69)73)31-37-67-33-27-47(28-34-67)61(43-7-15-49(63)16-8-43,44-9-17-50(64)18-10-44)77-57(71)58(72)78-62(45-11-19-51(65)20-12-45,46-13-21-52(66)22-14-46)48-29-35-68(36-30-48)38-32-56-40-70(60(74)76-56)54-25-5-42(2)6-26-54/h3-26,47-48,55-56H,27-40H2,1-2H3. The zero-order chi connectivity index (χ0) is 54.6. The van der Waals surface area contributed by atoms with Crippen LogP contribution in [0.25, 0.3) is 0 Å². The lowest BCUT2D eigenvalue weighted by Crippen LogP contribution is -2.50. The van der Waals surface area contributed by atoms with Crippen molar-refractivity contribution in [1.82, 2.24) is 9.80 Å². The SMILES string of the molecule is Cc1ccc(N2CC(CCN3CCC(C(OC(=O)C(=O)OC(c4ccc(F)cc4)(c4ccc(F)cc4)C4CCN(CCC5CN(c6ccc(C)cc6)C(=O)O5)CC4)(c4ccc(F)cc4)c4ccc(F)cc4)CC3)OC2=O)cc1. The minimum atomic E-state index is -1.77. The zero-order valence-corrected chi connectivity index (χ0v) is 43.6. The quantitative estimate of drug-likeness (QED) is 0.0401. The lowest BCUT2D eigenvalue weighted by atomic mass is 9.71. The van der Waals surface area contributed by atoms with Gasteiger partial charge in [-0.3, -0.25) is 9.80 Å². The average Bonchev–Trinajstić information content (AvgIpc) is 4.14. The van der Waals surface area contributed by atoms with Gasteiger partial charge in [-0.15, -0.1) is 0 Å². The van der Waals surface area contributed by atoms with Crippen LogP contribution in [-0.4, -0.2) is 98.5 Å². The molecule has 2 unspecified atom stereocenters. The second kappa shape index (κ2) is 23.2. The molecule has 4 fully saturated rings. The molecule has 2 amide bonds. The molecule has 0 aliphatic carbocycles. The maximum absolute atomic E-state index is 15.0. The number of amides is 2. The summed E-state index contributed by atoms with van der Waals surface area (Å²) in [4.78, 5) is 63.6. The molecule has 10 rings (SSSR count). The smallest absolute Gasteiger partial charge is 0.418 e. The van der Waals surface area contributed by atoms with Gasteiger partial charge in [0.1, 0.15) is 35.5 Å². The van der Waals surface area contributed by atoms with Crippen molar-refractivity contribution < 1.29 is 55.7 Å². The molecule has 0 radical (unpaired) electrons. The van der Waals surface area contributed by atoms with Gasteiger partial charge < -0.3 is 28.7 Å². The highest BCUT2D eigenvalue weighted by Crippen LogP contribution is 2.48. The number of esters is 2. The van der Waals surface area contributed by atoms with Gasteiger partial charge >= 0.3 is 24.1 Å². The van der Waals surface area contributed by atoms with Gasteiger partial charge in [-0.2, -0.15) is 0 Å². The number of carbonyl (C=O) groups excluding carboxylic acids is 4. The molecule has 12 nitrogen and oxygen atoms in total. The number of carbonyl (C=O) groups is 4. The molecule has 6 aromatic carbocycles. The van der Waals surface area contributed by atoms with Crippen molar-refractivity contribution in [3.8, 4) is 0 Å². The number of hydrogen-bond acceptors (Lipinski definition) is 10. The van der Waals surface area contributed by atoms with Crippen molar-refractivity contribution in [2.75, 3.05) is 62.2 Å². The molecule has 0 N–H and O–H groups in total. The van der Waals surface area contributed by atoms with E-state index in [-0.39, 0.29) is 12.2 Å². The Bertz CT molecular complexity index is 2760. The van der Waals surface area contributed by atoms with E-state index in [0.717, 1.165) is 22.5 Å².